The molecule has 2 rings (SSSR count). The summed E-state index contributed by atoms with van der Waals surface area (Å²) in [5, 5.41) is 0. The molecule has 2 saturated heterocycles. The predicted molar refractivity (Wildman–Crippen MR) is 63.7 cm³/mol. The van der Waals surface area contributed by atoms with Crippen LogP contribution in [0, 0.1) is 12.3 Å². The van der Waals surface area contributed by atoms with E-state index in [0.29, 0.717) is 12.1 Å². The third kappa shape index (κ3) is 2.04. The van der Waals surface area contributed by atoms with Crippen LogP contribution in [0.3, 0.4) is 0 Å². The summed E-state index contributed by atoms with van der Waals surface area (Å²) in [6, 6.07) is 1.76. The molecular weight excluding hydrogens is 184 g/mol. The van der Waals surface area contributed by atoms with E-state index < -0.39 is 0 Å². The van der Waals surface area contributed by atoms with E-state index in [2.05, 4.69) is 29.6 Å². The molecule has 2 heteroatoms. The van der Waals surface area contributed by atoms with Crippen molar-refractivity contribution in [3.63, 3.8) is 0 Å². The van der Waals surface area contributed by atoms with E-state index in [1.807, 2.05) is 0 Å². The van der Waals surface area contributed by atoms with Gasteiger partial charge in [-0.1, -0.05) is 12.8 Å². The molecule has 2 fully saturated rings. The Kier molecular flexibility index (Phi) is 3.33. The number of rotatable bonds is 2. The van der Waals surface area contributed by atoms with Crippen molar-refractivity contribution in [3.8, 4) is 12.3 Å². The maximum Gasteiger partial charge on any atom is 0.0686 e. The maximum atomic E-state index is 5.55. The van der Waals surface area contributed by atoms with Gasteiger partial charge in [-0.15, -0.1) is 6.42 Å². The Labute approximate surface area is 93.6 Å². The summed E-state index contributed by atoms with van der Waals surface area (Å²) in [4.78, 5) is 5.19. The van der Waals surface area contributed by atoms with Crippen LogP contribution in [0.5, 0.6) is 0 Å². The van der Waals surface area contributed by atoms with E-state index in [1.54, 1.807) is 0 Å². The molecule has 0 amide bonds. The molecule has 3 atom stereocenters. The maximum absolute atomic E-state index is 5.55. The van der Waals surface area contributed by atoms with Crippen LogP contribution < -0.4 is 0 Å². The summed E-state index contributed by atoms with van der Waals surface area (Å²) < 4.78 is 0. The molecular formula is C13H22N2. The Bertz CT molecular complexity index is 256. The van der Waals surface area contributed by atoms with Gasteiger partial charge in [0.1, 0.15) is 0 Å². The van der Waals surface area contributed by atoms with Crippen LogP contribution in [0.1, 0.15) is 33.1 Å². The van der Waals surface area contributed by atoms with E-state index in [9.17, 15) is 0 Å². The molecule has 2 aliphatic heterocycles. The zero-order valence-corrected chi connectivity index (χ0v) is 9.95. The zero-order valence-electron chi connectivity index (χ0n) is 9.95. The van der Waals surface area contributed by atoms with Crippen LogP contribution in [-0.2, 0) is 0 Å². The van der Waals surface area contributed by atoms with Gasteiger partial charge in [-0.25, -0.2) is 0 Å². The summed E-state index contributed by atoms with van der Waals surface area (Å²) in [7, 11) is 0. The lowest BCUT2D eigenvalue weighted by Gasteiger charge is -2.45. The van der Waals surface area contributed by atoms with E-state index >= 15 is 0 Å². The summed E-state index contributed by atoms with van der Waals surface area (Å²) in [5.74, 6) is 2.89. The lowest BCUT2D eigenvalue weighted by molar-refractivity contribution is 0.0378. The zero-order chi connectivity index (χ0) is 10.8. The topological polar surface area (TPSA) is 6.48 Å². The lowest BCUT2D eigenvalue weighted by atomic mass is 10.0. The van der Waals surface area contributed by atoms with Crippen molar-refractivity contribution < 1.29 is 0 Å². The number of hydrogen-bond donors (Lipinski definition) is 0. The molecule has 2 aliphatic rings. The first-order valence-electron chi connectivity index (χ1n) is 6.22. The second kappa shape index (κ2) is 4.55. The third-order valence-electron chi connectivity index (χ3n) is 4.04. The van der Waals surface area contributed by atoms with Gasteiger partial charge in [0.25, 0.3) is 0 Å². The Morgan fingerprint density at radius 1 is 1.47 bits per heavy atom. The Morgan fingerprint density at radius 2 is 2.27 bits per heavy atom. The minimum atomic E-state index is 0.303. The molecule has 0 aromatic rings. The largest absolute Gasteiger partial charge is 0.298 e. The van der Waals surface area contributed by atoms with Gasteiger partial charge in [0.05, 0.1) is 6.04 Å². The smallest absolute Gasteiger partial charge is 0.0686 e. The minimum Gasteiger partial charge on any atom is -0.298 e. The molecule has 0 aliphatic carbocycles. The van der Waals surface area contributed by atoms with Crippen molar-refractivity contribution in [3.05, 3.63) is 0 Å². The number of piperazine rings is 1. The van der Waals surface area contributed by atoms with Crippen molar-refractivity contribution >= 4 is 0 Å². The highest BCUT2D eigenvalue weighted by molar-refractivity contribution is 5.03. The van der Waals surface area contributed by atoms with Crippen LogP contribution in [0.15, 0.2) is 0 Å². The van der Waals surface area contributed by atoms with Gasteiger partial charge in [0.2, 0.25) is 0 Å². The number of hydrogen-bond acceptors (Lipinski definition) is 2. The standard InChI is InChI=1S/C13H22N2/c1-4-11(3)15-10-13-7-6-8-14(13)9-12(15)5-2/h1,11-13H,5-10H2,2-3H3. The highest BCUT2D eigenvalue weighted by Crippen LogP contribution is 2.26. The molecule has 0 aromatic carbocycles. The molecule has 0 N–H and O–H groups in total. The average Bonchev–Trinajstić information content (AvgIpc) is 2.73. The van der Waals surface area contributed by atoms with Crippen molar-refractivity contribution in [2.24, 2.45) is 0 Å². The molecule has 84 valence electrons. The first-order valence-corrected chi connectivity index (χ1v) is 6.22. The summed E-state index contributed by atoms with van der Waals surface area (Å²) in [6.07, 6.45) is 9.51. The monoisotopic (exact) mass is 206 g/mol. The fraction of sp³-hybridized carbons (Fsp3) is 0.846. The SMILES string of the molecule is C#CC(C)N1CC2CCCN2CC1CC. The van der Waals surface area contributed by atoms with Crippen molar-refractivity contribution in [1.82, 2.24) is 9.80 Å². The third-order valence-corrected chi connectivity index (χ3v) is 4.04. The number of terminal acetylenes is 1. The van der Waals surface area contributed by atoms with Gasteiger partial charge in [-0.2, -0.15) is 0 Å². The van der Waals surface area contributed by atoms with E-state index in [4.69, 9.17) is 6.42 Å². The van der Waals surface area contributed by atoms with Gasteiger partial charge in [0, 0.05) is 25.2 Å². The van der Waals surface area contributed by atoms with Gasteiger partial charge in [-0.05, 0) is 32.7 Å². The Morgan fingerprint density at radius 3 is 2.93 bits per heavy atom. The van der Waals surface area contributed by atoms with Crippen LogP contribution in [0.25, 0.3) is 0 Å². The molecule has 2 nitrogen and oxygen atoms in total. The van der Waals surface area contributed by atoms with Crippen molar-refractivity contribution in [2.45, 2.75) is 51.2 Å². The molecule has 0 aromatic heterocycles. The minimum absolute atomic E-state index is 0.303. The van der Waals surface area contributed by atoms with Gasteiger partial charge >= 0.3 is 0 Å². The van der Waals surface area contributed by atoms with Gasteiger partial charge < -0.3 is 0 Å². The fourth-order valence-electron chi connectivity index (χ4n) is 3.04. The summed E-state index contributed by atoms with van der Waals surface area (Å²) in [5.41, 5.74) is 0. The van der Waals surface area contributed by atoms with E-state index in [-0.39, 0.29) is 0 Å². The number of nitrogens with zero attached hydrogens (tertiary/aromatic N) is 2. The highest BCUT2D eigenvalue weighted by atomic mass is 15.3. The molecule has 2 heterocycles. The normalized spacial score (nSPS) is 34.7. The Hall–Kier alpha value is -0.520. The molecule has 0 radical (unpaired) electrons. The second-order valence-electron chi connectivity index (χ2n) is 4.89. The van der Waals surface area contributed by atoms with E-state index in [0.717, 1.165) is 6.04 Å². The van der Waals surface area contributed by atoms with Crippen molar-refractivity contribution in [2.75, 3.05) is 19.6 Å². The van der Waals surface area contributed by atoms with Crippen molar-refractivity contribution in [1.29, 1.82) is 0 Å². The lowest BCUT2D eigenvalue weighted by Crippen LogP contribution is -2.58. The summed E-state index contributed by atoms with van der Waals surface area (Å²) in [6.45, 7) is 8.15. The van der Waals surface area contributed by atoms with Gasteiger partial charge in [-0.3, -0.25) is 9.80 Å². The molecule has 0 spiro atoms. The molecule has 15 heavy (non-hydrogen) atoms. The van der Waals surface area contributed by atoms with Crippen LogP contribution >= 0.6 is 0 Å². The predicted octanol–water partition coefficient (Wildman–Crippen LogP) is 1.57. The molecule has 0 saturated carbocycles. The number of fused-ring (bicyclic) bond motifs is 1. The van der Waals surface area contributed by atoms with E-state index in [1.165, 1.54) is 38.9 Å². The van der Waals surface area contributed by atoms with Crippen LogP contribution in [0.4, 0.5) is 0 Å². The molecule has 0 bridgehead atoms. The fourth-order valence-corrected chi connectivity index (χ4v) is 3.04. The second-order valence-corrected chi connectivity index (χ2v) is 4.89. The molecule has 3 unspecified atom stereocenters. The van der Waals surface area contributed by atoms with Gasteiger partial charge in [0.15, 0.2) is 0 Å². The highest BCUT2D eigenvalue weighted by Gasteiger charge is 2.36. The first kappa shape index (κ1) is 11.0. The Balaban J connectivity index is 2.06. The first-order chi connectivity index (χ1) is 7.26. The average molecular weight is 206 g/mol. The van der Waals surface area contributed by atoms with Crippen LogP contribution in [-0.4, -0.2) is 47.6 Å². The quantitative estimate of drug-likeness (QED) is 0.633. The summed E-state index contributed by atoms with van der Waals surface area (Å²) >= 11 is 0. The van der Waals surface area contributed by atoms with Crippen LogP contribution in [0.2, 0.25) is 0 Å².